The van der Waals surface area contributed by atoms with Gasteiger partial charge in [0.15, 0.2) is 0 Å². The van der Waals surface area contributed by atoms with Crippen LogP contribution in [0.25, 0.3) is 16.6 Å². The number of nitrogens with one attached hydrogen (secondary N) is 2. The van der Waals surface area contributed by atoms with E-state index in [1.165, 1.54) is 4.90 Å². The van der Waals surface area contributed by atoms with Gasteiger partial charge in [0.05, 0.1) is 11.2 Å². The minimum atomic E-state index is -0.959. The minimum absolute atomic E-state index is 0.187. The lowest BCUT2D eigenvalue weighted by Gasteiger charge is -2.14. The SMILES string of the molecule is CSc1nn(-c2ccccc2)c2cc(NC(=O)NC3CCN(C(=O)O)C3)ccc12. The third kappa shape index (κ3) is 4.00. The van der Waals surface area contributed by atoms with Crippen molar-refractivity contribution in [1.29, 1.82) is 0 Å². The number of hydrogen-bond donors (Lipinski definition) is 3. The summed E-state index contributed by atoms with van der Waals surface area (Å²) in [4.78, 5) is 24.7. The number of urea groups is 1. The number of thioether (sulfide) groups is 1. The molecular formula is C20H21N5O3S. The Labute approximate surface area is 171 Å². The minimum Gasteiger partial charge on any atom is -0.465 e. The predicted octanol–water partition coefficient (Wildman–Crippen LogP) is 3.62. The molecule has 0 spiro atoms. The third-order valence-electron chi connectivity index (χ3n) is 4.89. The zero-order chi connectivity index (χ0) is 20.4. The van der Waals surface area contributed by atoms with Gasteiger partial charge in [0.1, 0.15) is 5.03 Å². The number of rotatable bonds is 4. The number of nitrogens with zero attached hydrogens (tertiary/aromatic N) is 3. The molecule has 9 heteroatoms. The molecule has 4 rings (SSSR count). The Morgan fingerprint density at radius 3 is 2.69 bits per heavy atom. The Bertz CT molecular complexity index is 1050. The summed E-state index contributed by atoms with van der Waals surface area (Å²) in [5.41, 5.74) is 2.49. The number of anilines is 1. The van der Waals surface area contributed by atoms with E-state index in [1.54, 1.807) is 11.8 Å². The molecule has 1 fully saturated rings. The summed E-state index contributed by atoms with van der Waals surface area (Å²) in [6.07, 6.45) is 1.63. The normalized spacial score (nSPS) is 16.2. The molecule has 3 amide bonds. The number of hydrogen-bond acceptors (Lipinski definition) is 4. The van der Waals surface area contributed by atoms with Gasteiger partial charge in [-0.3, -0.25) is 0 Å². The maximum absolute atomic E-state index is 12.4. The highest BCUT2D eigenvalue weighted by Crippen LogP contribution is 2.30. The molecule has 2 heterocycles. The molecule has 3 N–H and O–H groups in total. The van der Waals surface area contributed by atoms with Crippen molar-refractivity contribution in [1.82, 2.24) is 20.0 Å². The van der Waals surface area contributed by atoms with Crippen LogP contribution in [0.1, 0.15) is 6.42 Å². The maximum atomic E-state index is 12.4. The molecule has 1 aliphatic rings. The Hall–Kier alpha value is -3.20. The van der Waals surface area contributed by atoms with E-state index < -0.39 is 6.09 Å². The molecule has 0 saturated carbocycles. The number of likely N-dealkylation sites (tertiary alicyclic amines) is 1. The van der Waals surface area contributed by atoms with E-state index in [2.05, 4.69) is 10.6 Å². The number of fused-ring (bicyclic) bond motifs is 1. The van der Waals surface area contributed by atoms with E-state index in [1.807, 2.05) is 59.5 Å². The summed E-state index contributed by atoms with van der Waals surface area (Å²) < 4.78 is 1.87. The molecule has 8 nitrogen and oxygen atoms in total. The van der Waals surface area contributed by atoms with E-state index in [0.29, 0.717) is 25.2 Å². The molecule has 1 saturated heterocycles. The van der Waals surface area contributed by atoms with E-state index in [-0.39, 0.29) is 12.1 Å². The van der Waals surface area contributed by atoms with Crippen molar-refractivity contribution in [3.8, 4) is 5.69 Å². The van der Waals surface area contributed by atoms with Gasteiger partial charge in [0.2, 0.25) is 0 Å². The fourth-order valence-corrected chi connectivity index (χ4v) is 4.04. The molecule has 1 aliphatic heterocycles. The smallest absolute Gasteiger partial charge is 0.407 e. The molecule has 29 heavy (non-hydrogen) atoms. The van der Waals surface area contributed by atoms with E-state index in [4.69, 9.17) is 10.2 Å². The van der Waals surface area contributed by atoms with Crippen molar-refractivity contribution in [2.75, 3.05) is 24.7 Å². The van der Waals surface area contributed by atoms with Gasteiger partial charge >= 0.3 is 12.1 Å². The highest BCUT2D eigenvalue weighted by Gasteiger charge is 2.27. The Morgan fingerprint density at radius 2 is 2.00 bits per heavy atom. The van der Waals surface area contributed by atoms with Crippen LogP contribution in [0.5, 0.6) is 0 Å². The summed E-state index contributed by atoms with van der Waals surface area (Å²) in [6.45, 7) is 0.736. The fraction of sp³-hybridized carbons (Fsp3) is 0.250. The van der Waals surface area contributed by atoms with Crippen LogP contribution in [-0.4, -0.2) is 57.3 Å². The van der Waals surface area contributed by atoms with Crippen LogP contribution in [0.4, 0.5) is 15.3 Å². The van der Waals surface area contributed by atoms with Crippen LogP contribution in [0.3, 0.4) is 0 Å². The van der Waals surface area contributed by atoms with Crippen LogP contribution >= 0.6 is 11.8 Å². The van der Waals surface area contributed by atoms with Gasteiger partial charge in [-0.05, 0) is 43.0 Å². The van der Waals surface area contributed by atoms with Gasteiger partial charge in [-0.1, -0.05) is 18.2 Å². The van der Waals surface area contributed by atoms with Crippen LogP contribution in [0, 0.1) is 0 Å². The number of carbonyl (C=O) groups excluding carboxylic acids is 1. The highest BCUT2D eigenvalue weighted by atomic mass is 32.2. The highest BCUT2D eigenvalue weighted by molar-refractivity contribution is 7.98. The quantitative estimate of drug-likeness (QED) is 0.570. The Balaban J connectivity index is 1.54. The van der Waals surface area contributed by atoms with Gasteiger partial charge in [-0.25, -0.2) is 14.3 Å². The Kier molecular flexibility index (Phi) is 5.30. The van der Waals surface area contributed by atoms with E-state index >= 15 is 0 Å². The first-order valence-corrected chi connectivity index (χ1v) is 10.4. The summed E-state index contributed by atoms with van der Waals surface area (Å²) in [6, 6.07) is 15.0. The molecule has 1 unspecified atom stereocenters. The van der Waals surface area contributed by atoms with Gasteiger partial charge in [-0.2, -0.15) is 5.10 Å². The zero-order valence-corrected chi connectivity index (χ0v) is 16.6. The van der Waals surface area contributed by atoms with Crippen LogP contribution in [0.15, 0.2) is 53.6 Å². The first kappa shape index (κ1) is 19.1. The number of para-hydroxylation sites is 1. The van der Waals surface area contributed by atoms with Crippen molar-refractivity contribution in [2.45, 2.75) is 17.5 Å². The molecule has 150 valence electrons. The second-order valence-electron chi connectivity index (χ2n) is 6.80. The lowest BCUT2D eigenvalue weighted by atomic mass is 10.2. The molecule has 3 aromatic rings. The van der Waals surface area contributed by atoms with Crippen molar-refractivity contribution >= 4 is 40.5 Å². The fourth-order valence-electron chi connectivity index (χ4n) is 3.49. The summed E-state index contributed by atoms with van der Waals surface area (Å²) >= 11 is 1.57. The van der Waals surface area contributed by atoms with Gasteiger partial charge in [0.25, 0.3) is 0 Å². The molecule has 1 atom stereocenters. The van der Waals surface area contributed by atoms with E-state index in [0.717, 1.165) is 21.6 Å². The number of benzene rings is 2. The molecule has 0 aliphatic carbocycles. The average molecular weight is 411 g/mol. The number of carboxylic acid groups (broad SMARTS) is 1. The van der Waals surface area contributed by atoms with Crippen LogP contribution in [0.2, 0.25) is 0 Å². The number of aromatic nitrogens is 2. The first-order valence-electron chi connectivity index (χ1n) is 9.22. The van der Waals surface area contributed by atoms with Crippen molar-refractivity contribution < 1.29 is 14.7 Å². The standard InChI is InChI=1S/C20H21N5O3S/c1-29-18-16-8-7-13(11-17(16)25(23-18)15-5-3-2-4-6-15)21-19(26)22-14-9-10-24(12-14)20(27)28/h2-8,11,14H,9-10,12H2,1H3,(H,27,28)(H2,21,22,26). The summed E-state index contributed by atoms with van der Waals surface area (Å²) in [5.74, 6) is 0. The van der Waals surface area contributed by atoms with Crippen molar-refractivity contribution in [3.63, 3.8) is 0 Å². The molecule has 0 bridgehead atoms. The second-order valence-corrected chi connectivity index (χ2v) is 7.60. The van der Waals surface area contributed by atoms with Crippen LogP contribution in [-0.2, 0) is 0 Å². The largest absolute Gasteiger partial charge is 0.465 e. The molecule has 2 aromatic carbocycles. The molecule has 1 aromatic heterocycles. The second kappa shape index (κ2) is 8.04. The zero-order valence-electron chi connectivity index (χ0n) is 15.8. The van der Waals surface area contributed by atoms with Gasteiger partial charge in [-0.15, -0.1) is 11.8 Å². The predicted molar refractivity (Wildman–Crippen MR) is 113 cm³/mol. The van der Waals surface area contributed by atoms with Crippen molar-refractivity contribution in [3.05, 3.63) is 48.5 Å². The monoisotopic (exact) mass is 411 g/mol. The molecular weight excluding hydrogens is 390 g/mol. The summed E-state index contributed by atoms with van der Waals surface area (Å²) in [7, 11) is 0. The lowest BCUT2D eigenvalue weighted by molar-refractivity contribution is 0.154. The molecule has 0 radical (unpaired) electrons. The number of carbonyl (C=O) groups is 2. The van der Waals surface area contributed by atoms with Gasteiger partial charge in [0, 0.05) is 30.2 Å². The van der Waals surface area contributed by atoms with Gasteiger partial charge < -0.3 is 20.6 Å². The van der Waals surface area contributed by atoms with Crippen LogP contribution < -0.4 is 10.6 Å². The topological polar surface area (TPSA) is 99.5 Å². The van der Waals surface area contributed by atoms with Crippen molar-refractivity contribution in [2.24, 2.45) is 0 Å². The third-order valence-corrected chi connectivity index (χ3v) is 5.58. The summed E-state index contributed by atoms with van der Waals surface area (Å²) in [5, 5.41) is 21.3. The van der Waals surface area contributed by atoms with E-state index in [9.17, 15) is 9.59 Å². The first-order chi connectivity index (χ1) is 14.0. The maximum Gasteiger partial charge on any atom is 0.407 e. The Morgan fingerprint density at radius 1 is 1.21 bits per heavy atom. The number of amides is 3. The average Bonchev–Trinajstić information content (AvgIpc) is 3.33. The lowest BCUT2D eigenvalue weighted by Crippen LogP contribution is -2.40.